The molecule has 0 N–H and O–H groups in total. The van der Waals surface area contributed by atoms with E-state index in [1.807, 2.05) is 20.0 Å². The molecule has 0 aliphatic carbocycles. The first kappa shape index (κ1) is 17.2. The second kappa shape index (κ2) is 7.47. The van der Waals surface area contributed by atoms with Gasteiger partial charge in [-0.1, -0.05) is 43.3 Å². The van der Waals surface area contributed by atoms with Gasteiger partial charge in [-0.2, -0.15) is 0 Å². The molecule has 0 aliphatic heterocycles. The molecule has 1 aromatic heterocycles. The third kappa shape index (κ3) is 3.71. The van der Waals surface area contributed by atoms with Crippen molar-refractivity contribution in [3.8, 4) is 11.1 Å². The van der Waals surface area contributed by atoms with Crippen molar-refractivity contribution in [3.05, 3.63) is 65.9 Å². The van der Waals surface area contributed by atoms with Crippen molar-refractivity contribution in [1.29, 1.82) is 0 Å². The summed E-state index contributed by atoms with van der Waals surface area (Å²) in [5, 5.41) is 1.13. The van der Waals surface area contributed by atoms with Gasteiger partial charge in [0.25, 0.3) is 0 Å². The zero-order valence-corrected chi connectivity index (χ0v) is 15.0. The van der Waals surface area contributed by atoms with E-state index in [9.17, 15) is 4.79 Å². The molecule has 0 bridgehead atoms. The molecule has 1 unspecified atom stereocenters. The number of esters is 1. The zero-order valence-electron chi connectivity index (χ0n) is 15.0. The number of pyridine rings is 1. The minimum absolute atomic E-state index is 0.149. The first-order valence-corrected chi connectivity index (χ1v) is 8.70. The van der Waals surface area contributed by atoms with Gasteiger partial charge in [-0.25, -0.2) is 0 Å². The number of aryl methyl sites for hydroxylation is 1. The van der Waals surface area contributed by atoms with Crippen LogP contribution >= 0.6 is 0 Å². The predicted molar refractivity (Wildman–Crippen MR) is 101 cm³/mol. The van der Waals surface area contributed by atoms with E-state index in [0.29, 0.717) is 13.0 Å². The van der Waals surface area contributed by atoms with E-state index in [1.54, 1.807) is 0 Å². The minimum Gasteiger partial charge on any atom is -0.466 e. The Kier molecular flexibility index (Phi) is 5.13. The maximum Gasteiger partial charge on any atom is 0.308 e. The summed E-state index contributed by atoms with van der Waals surface area (Å²) in [6.45, 7) is 6.27. The van der Waals surface area contributed by atoms with Crippen LogP contribution in [0.2, 0.25) is 0 Å². The van der Waals surface area contributed by atoms with Crippen molar-refractivity contribution in [3.63, 3.8) is 0 Å². The second-order valence-corrected chi connectivity index (χ2v) is 6.38. The highest BCUT2D eigenvalue weighted by molar-refractivity contribution is 5.95. The zero-order chi connectivity index (χ0) is 17.8. The molecule has 0 radical (unpaired) electrons. The number of fused-ring (bicyclic) bond motifs is 1. The predicted octanol–water partition coefficient (Wildman–Crippen LogP) is 4.95. The maximum atomic E-state index is 11.8. The number of ether oxygens (including phenoxy) is 1. The fourth-order valence-corrected chi connectivity index (χ4v) is 3.15. The van der Waals surface area contributed by atoms with Crippen LogP contribution in [0.1, 0.15) is 25.0 Å². The van der Waals surface area contributed by atoms with E-state index in [4.69, 9.17) is 4.74 Å². The monoisotopic (exact) mass is 333 g/mol. The number of aromatic nitrogens is 1. The summed E-state index contributed by atoms with van der Waals surface area (Å²) >= 11 is 0. The van der Waals surface area contributed by atoms with Gasteiger partial charge in [0.1, 0.15) is 0 Å². The van der Waals surface area contributed by atoms with Gasteiger partial charge >= 0.3 is 5.97 Å². The number of rotatable bonds is 5. The fraction of sp³-hybridized carbons (Fsp3) is 0.273. The Morgan fingerprint density at radius 2 is 1.92 bits per heavy atom. The first-order valence-electron chi connectivity index (χ1n) is 8.70. The first-order chi connectivity index (χ1) is 12.1. The molecule has 3 rings (SSSR count). The molecule has 0 fully saturated rings. The molecule has 0 spiro atoms. The summed E-state index contributed by atoms with van der Waals surface area (Å²) in [5.74, 6) is -0.304. The number of carbonyl (C=O) groups is 1. The molecule has 25 heavy (non-hydrogen) atoms. The standard InChI is InChI=1S/C22H23NO2/c1-4-25-22(24)16(3)13-17-9-10-20-19(11-12-23-21(20)14-17)18-8-6-5-7-15(18)2/h5-12,14,16H,4,13H2,1-3H3. The third-order valence-corrected chi connectivity index (χ3v) is 4.47. The molecule has 1 atom stereocenters. The Morgan fingerprint density at radius 3 is 2.68 bits per heavy atom. The number of hydrogen-bond donors (Lipinski definition) is 0. The lowest BCUT2D eigenvalue weighted by Gasteiger charge is -2.12. The van der Waals surface area contributed by atoms with Gasteiger partial charge in [-0.05, 0) is 54.7 Å². The lowest BCUT2D eigenvalue weighted by atomic mass is 9.95. The molecular formula is C22H23NO2. The van der Waals surface area contributed by atoms with Gasteiger partial charge in [0, 0.05) is 11.6 Å². The summed E-state index contributed by atoms with van der Waals surface area (Å²) in [5.41, 5.74) is 5.71. The van der Waals surface area contributed by atoms with Gasteiger partial charge in [-0.15, -0.1) is 0 Å². The van der Waals surface area contributed by atoms with Crippen LogP contribution in [-0.2, 0) is 16.0 Å². The maximum absolute atomic E-state index is 11.8. The van der Waals surface area contributed by atoms with Crippen LogP contribution < -0.4 is 0 Å². The van der Waals surface area contributed by atoms with Crippen molar-refractivity contribution >= 4 is 16.9 Å². The molecule has 0 saturated carbocycles. The number of carbonyl (C=O) groups excluding carboxylic acids is 1. The summed E-state index contributed by atoms with van der Waals surface area (Å²) in [6, 6.07) is 16.7. The van der Waals surface area contributed by atoms with Crippen molar-refractivity contribution < 1.29 is 9.53 Å². The van der Waals surface area contributed by atoms with Crippen LogP contribution in [0, 0.1) is 12.8 Å². The van der Waals surface area contributed by atoms with Crippen LogP contribution in [0.5, 0.6) is 0 Å². The largest absolute Gasteiger partial charge is 0.466 e. The molecule has 2 aromatic carbocycles. The molecule has 0 aliphatic rings. The highest BCUT2D eigenvalue weighted by Gasteiger charge is 2.15. The van der Waals surface area contributed by atoms with Gasteiger partial charge in [-0.3, -0.25) is 9.78 Å². The van der Waals surface area contributed by atoms with E-state index in [2.05, 4.69) is 60.4 Å². The van der Waals surface area contributed by atoms with E-state index >= 15 is 0 Å². The van der Waals surface area contributed by atoms with Crippen molar-refractivity contribution in [2.75, 3.05) is 6.61 Å². The molecule has 0 amide bonds. The van der Waals surface area contributed by atoms with Gasteiger partial charge in [0.05, 0.1) is 18.0 Å². The van der Waals surface area contributed by atoms with E-state index in [-0.39, 0.29) is 11.9 Å². The molecule has 3 aromatic rings. The van der Waals surface area contributed by atoms with Crippen molar-refractivity contribution in [2.24, 2.45) is 5.92 Å². The average molecular weight is 333 g/mol. The Balaban J connectivity index is 1.95. The topological polar surface area (TPSA) is 39.2 Å². The Labute approximate surface area is 148 Å². The summed E-state index contributed by atoms with van der Waals surface area (Å²) in [6.07, 6.45) is 2.51. The van der Waals surface area contributed by atoms with Crippen LogP contribution in [-0.4, -0.2) is 17.6 Å². The second-order valence-electron chi connectivity index (χ2n) is 6.38. The summed E-state index contributed by atoms with van der Waals surface area (Å²) in [4.78, 5) is 16.4. The summed E-state index contributed by atoms with van der Waals surface area (Å²) in [7, 11) is 0. The lowest BCUT2D eigenvalue weighted by Crippen LogP contribution is -2.16. The Hall–Kier alpha value is -2.68. The summed E-state index contributed by atoms with van der Waals surface area (Å²) < 4.78 is 5.10. The Morgan fingerprint density at radius 1 is 1.12 bits per heavy atom. The Bertz CT molecular complexity index is 901. The van der Waals surface area contributed by atoms with Gasteiger partial charge in [0.2, 0.25) is 0 Å². The molecule has 3 nitrogen and oxygen atoms in total. The highest BCUT2D eigenvalue weighted by Crippen LogP contribution is 2.30. The fourth-order valence-electron chi connectivity index (χ4n) is 3.15. The van der Waals surface area contributed by atoms with Crippen molar-refractivity contribution in [1.82, 2.24) is 4.98 Å². The molecule has 128 valence electrons. The highest BCUT2D eigenvalue weighted by atomic mass is 16.5. The van der Waals surface area contributed by atoms with E-state index < -0.39 is 0 Å². The van der Waals surface area contributed by atoms with E-state index in [1.165, 1.54) is 16.7 Å². The molecular weight excluding hydrogens is 310 g/mol. The SMILES string of the molecule is CCOC(=O)C(C)Cc1ccc2c(-c3ccccc3C)ccnc2c1. The van der Waals surface area contributed by atoms with Crippen LogP contribution in [0.4, 0.5) is 0 Å². The molecule has 0 saturated heterocycles. The van der Waals surface area contributed by atoms with Gasteiger partial charge in [0.15, 0.2) is 0 Å². The van der Waals surface area contributed by atoms with Crippen LogP contribution in [0.15, 0.2) is 54.7 Å². The number of benzene rings is 2. The average Bonchev–Trinajstić information content (AvgIpc) is 2.61. The third-order valence-electron chi connectivity index (χ3n) is 4.47. The quantitative estimate of drug-likeness (QED) is 0.620. The normalized spacial score (nSPS) is 12.1. The number of nitrogens with zero attached hydrogens (tertiary/aromatic N) is 1. The lowest BCUT2D eigenvalue weighted by molar-refractivity contribution is -0.147. The van der Waals surface area contributed by atoms with Gasteiger partial charge < -0.3 is 4.74 Å². The minimum atomic E-state index is -0.156. The molecule has 3 heteroatoms. The molecule has 1 heterocycles. The van der Waals surface area contributed by atoms with Crippen LogP contribution in [0.3, 0.4) is 0 Å². The number of hydrogen-bond acceptors (Lipinski definition) is 3. The van der Waals surface area contributed by atoms with Crippen molar-refractivity contribution in [2.45, 2.75) is 27.2 Å². The van der Waals surface area contributed by atoms with E-state index in [0.717, 1.165) is 16.5 Å². The van der Waals surface area contributed by atoms with Crippen LogP contribution in [0.25, 0.3) is 22.0 Å². The smallest absolute Gasteiger partial charge is 0.308 e.